The molecule has 0 saturated heterocycles. The van der Waals surface area contributed by atoms with Crippen LogP contribution >= 0.6 is 11.3 Å². The second kappa shape index (κ2) is 4.35. The number of anilines is 1. The summed E-state index contributed by atoms with van der Waals surface area (Å²) in [6, 6.07) is 8.30. The fourth-order valence-corrected chi connectivity index (χ4v) is 3.25. The highest BCUT2D eigenvalue weighted by Crippen LogP contribution is 2.37. The van der Waals surface area contributed by atoms with E-state index in [4.69, 9.17) is 5.73 Å². The van der Waals surface area contributed by atoms with E-state index in [0.717, 1.165) is 10.7 Å². The lowest BCUT2D eigenvalue weighted by atomic mass is 10.0. The summed E-state index contributed by atoms with van der Waals surface area (Å²) in [6.45, 7) is 4.85. The molecule has 0 bridgehead atoms. The molecule has 5 heteroatoms. The van der Waals surface area contributed by atoms with E-state index in [9.17, 15) is 0 Å². The molecule has 0 radical (unpaired) electrons. The summed E-state index contributed by atoms with van der Waals surface area (Å²) in [5.41, 5.74) is 8.08. The molecule has 0 aliphatic carbocycles. The minimum absolute atomic E-state index is 0.286. The normalized spacial score (nSPS) is 22.6. The number of aryl methyl sites for hydroxylation is 1. The maximum Gasteiger partial charge on any atom is 0.196 e. The van der Waals surface area contributed by atoms with Gasteiger partial charge in [-0.25, -0.2) is 4.98 Å². The van der Waals surface area contributed by atoms with Gasteiger partial charge in [0.1, 0.15) is 10.5 Å². The highest BCUT2D eigenvalue weighted by Gasteiger charge is 2.42. The lowest BCUT2D eigenvalue weighted by molar-refractivity contribution is 0.529. The number of aromatic nitrogens is 1. The topological polar surface area (TPSA) is 54.5 Å². The predicted octanol–water partition coefficient (Wildman–Crippen LogP) is 2.50. The molecule has 1 aliphatic rings. The predicted molar refractivity (Wildman–Crippen MR) is 79.6 cm³/mol. The van der Waals surface area contributed by atoms with E-state index in [2.05, 4.69) is 46.9 Å². The van der Waals surface area contributed by atoms with Crippen LogP contribution in [0.5, 0.6) is 0 Å². The fourth-order valence-electron chi connectivity index (χ4n) is 2.47. The zero-order chi connectivity index (χ0) is 13.5. The van der Waals surface area contributed by atoms with Crippen LogP contribution in [0.15, 0.2) is 40.8 Å². The monoisotopic (exact) mass is 272 g/mol. The van der Waals surface area contributed by atoms with E-state index in [0.29, 0.717) is 12.5 Å². The van der Waals surface area contributed by atoms with Crippen LogP contribution in [0.2, 0.25) is 0 Å². The van der Waals surface area contributed by atoms with E-state index in [1.165, 1.54) is 5.56 Å². The Hall–Kier alpha value is -1.88. The van der Waals surface area contributed by atoms with Crippen molar-refractivity contribution in [2.75, 3.05) is 11.4 Å². The van der Waals surface area contributed by atoms with Crippen molar-refractivity contribution in [3.63, 3.8) is 0 Å². The van der Waals surface area contributed by atoms with E-state index >= 15 is 0 Å². The zero-order valence-corrected chi connectivity index (χ0v) is 11.8. The van der Waals surface area contributed by atoms with Gasteiger partial charge < -0.3 is 5.73 Å². The molecule has 2 aromatic rings. The average Bonchev–Trinajstić information content (AvgIpc) is 2.99. The first kappa shape index (κ1) is 12.2. The lowest BCUT2D eigenvalue weighted by Crippen LogP contribution is -2.47. The Morgan fingerprint density at radius 3 is 2.95 bits per heavy atom. The number of hydrogen-bond donors (Lipinski definition) is 1. The fraction of sp³-hybridized carbons (Fsp3) is 0.286. The molecule has 0 spiro atoms. The van der Waals surface area contributed by atoms with Gasteiger partial charge in [0.05, 0.1) is 6.54 Å². The Morgan fingerprint density at radius 2 is 2.26 bits per heavy atom. The second-order valence-corrected chi connectivity index (χ2v) is 5.85. The second-order valence-electron chi connectivity index (χ2n) is 4.96. The minimum Gasteiger partial charge on any atom is -0.369 e. The Kier molecular flexibility index (Phi) is 2.78. The number of nitrogens with zero attached hydrogens (tertiary/aromatic N) is 3. The Morgan fingerprint density at radius 1 is 1.42 bits per heavy atom. The van der Waals surface area contributed by atoms with E-state index in [-0.39, 0.29) is 5.54 Å². The molecule has 0 amide bonds. The van der Waals surface area contributed by atoms with Crippen LogP contribution in [-0.4, -0.2) is 17.5 Å². The van der Waals surface area contributed by atoms with Crippen molar-refractivity contribution in [1.29, 1.82) is 0 Å². The van der Waals surface area contributed by atoms with Gasteiger partial charge in [-0.15, -0.1) is 11.3 Å². The Bertz CT molecular complexity index is 620. The van der Waals surface area contributed by atoms with E-state index in [1.54, 1.807) is 11.3 Å². The lowest BCUT2D eigenvalue weighted by Gasteiger charge is -2.34. The SMILES string of the molecule is Cc1cccc(N2C(N)=NCC2(C)c2nccs2)c1. The molecule has 1 unspecified atom stereocenters. The first-order chi connectivity index (χ1) is 9.11. The van der Waals surface area contributed by atoms with Crippen LogP contribution in [0.4, 0.5) is 5.69 Å². The molecule has 1 aromatic heterocycles. The average molecular weight is 272 g/mol. The number of nitrogens with two attached hydrogens (primary N) is 1. The van der Waals surface area contributed by atoms with E-state index < -0.39 is 0 Å². The molecule has 1 aromatic carbocycles. The molecule has 2 heterocycles. The van der Waals surface area contributed by atoms with Crippen LogP contribution in [0.1, 0.15) is 17.5 Å². The molecule has 2 N–H and O–H groups in total. The van der Waals surface area contributed by atoms with Gasteiger partial charge in [-0.05, 0) is 31.5 Å². The summed E-state index contributed by atoms with van der Waals surface area (Å²) >= 11 is 1.64. The maximum atomic E-state index is 6.10. The quantitative estimate of drug-likeness (QED) is 0.914. The van der Waals surface area contributed by atoms with Crippen LogP contribution < -0.4 is 10.6 Å². The third-order valence-corrected chi connectivity index (χ3v) is 4.45. The van der Waals surface area contributed by atoms with Gasteiger partial charge in [-0.1, -0.05) is 12.1 Å². The molecule has 19 heavy (non-hydrogen) atoms. The van der Waals surface area contributed by atoms with Crippen molar-refractivity contribution in [3.05, 3.63) is 46.4 Å². The van der Waals surface area contributed by atoms with Crippen LogP contribution in [0.25, 0.3) is 0 Å². The highest BCUT2D eigenvalue weighted by molar-refractivity contribution is 7.09. The molecule has 0 saturated carbocycles. The van der Waals surface area contributed by atoms with Gasteiger partial charge in [0.25, 0.3) is 0 Å². The van der Waals surface area contributed by atoms with Gasteiger partial charge in [-0.2, -0.15) is 0 Å². The van der Waals surface area contributed by atoms with Crippen molar-refractivity contribution in [2.24, 2.45) is 10.7 Å². The number of thiazole rings is 1. The van der Waals surface area contributed by atoms with Gasteiger partial charge in [-0.3, -0.25) is 9.89 Å². The van der Waals surface area contributed by atoms with Crippen molar-refractivity contribution in [2.45, 2.75) is 19.4 Å². The Balaban J connectivity index is 2.09. The first-order valence-electron chi connectivity index (χ1n) is 6.18. The first-order valence-corrected chi connectivity index (χ1v) is 7.06. The van der Waals surface area contributed by atoms with Gasteiger partial charge >= 0.3 is 0 Å². The number of rotatable bonds is 2. The summed E-state index contributed by atoms with van der Waals surface area (Å²) in [4.78, 5) is 11.0. The third-order valence-electron chi connectivity index (χ3n) is 3.42. The Labute approximate surface area is 116 Å². The van der Waals surface area contributed by atoms with Gasteiger partial charge in [0.15, 0.2) is 5.96 Å². The minimum atomic E-state index is -0.286. The standard InChI is InChI=1S/C14H16N4S/c1-10-4-3-5-11(8-10)18-13(15)17-9-14(18,2)12-16-6-7-19-12/h3-8H,9H2,1-2H3,(H2,15,17). The summed E-state index contributed by atoms with van der Waals surface area (Å²) in [6.07, 6.45) is 1.83. The summed E-state index contributed by atoms with van der Waals surface area (Å²) in [7, 11) is 0. The third kappa shape index (κ3) is 1.90. The van der Waals surface area contributed by atoms with Crippen molar-refractivity contribution in [1.82, 2.24) is 4.98 Å². The van der Waals surface area contributed by atoms with Crippen LogP contribution in [0, 0.1) is 6.92 Å². The summed E-state index contributed by atoms with van der Waals surface area (Å²) < 4.78 is 0. The number of hydrogen-bond acceptors (Lipinski definition) is 5. The molecule has 1 aliphatic heterocycles. The largest absolute Gasteiger partial charge is 0.369 e. The van der Waals surface area contributed by atoms with Crippen LogP contribution in [0.3, 0.4) is 0 Å². The molecule has 98 valence electrons. The maximum absolute atomic E-state index is 6.10. The van der Waals surface area contributed by atoms with Crippen molar-refractivity contribution >= 4 is 23.0 Å². The molecule has 0 fully saturated rings. The van der Waals surface area contributed by atoms with E-state index in [1.807, 2.05) is 17.6 Å². The molecule has 3 rings (SSSR count). The van der Waals surface area contributed by atoms with Crippen molar-refractivity contribution in [3.8, 4) is 0 Å². The number of aliphatic imine (C=N–C) groups is 1. The zero-order valence-electron chi connectivity index (χ0n) is 11.0. The number of guanidine groups is 1. The smallest absolute Gasteiger partial charge is 0.196 e. The molecular weight excluding hydrogens is 256 g/mol. The van der Waals surface area contributed by atoms with Crippen molar-refractivity contribution < 1.29 is 0 Å². The highest BCUT2D eigenvalue weighted by atomic mass is 32.1. The summed E-state index contributed by atoms with van der Waals surface area (Å²) in [5.74, 6) is 0.559. The molecular formula is C14H16N4S. The van der Waals surface area contributed by atoms with Gasteiger partial charge in [0.2, 0.25) is 0 Å². The molecule has 1 atom stereocenters. The number of benzene rings is 1. The van der Waals surface area contributed by atoms with Gasteiger partial charge in [0, 0.05) is 17.3 Å². The van der Waals surface area contributed by atoms with Crippen LogP contribution in [-0.2, 0) is 5.54 Å². The molecule has 4 nitrogen and oxygen atoms in total. The summed E-state index contributed by atoms with van der Waals surface area (Å²) in [5, 5.41) is 3.03.